The van der Waals surface area contributed by atoms with Crippen molar-refractivity contribution in [1.29, 1.82) is 0 Å². The molecular formula is C20H23N3O4. The van der Waals surface area contributed by atoms with E-state index in [0.717, 1.165) is 30.8 Å². The minimum absolute atomic E-state index is 0.162. The van der Waals surface area contributed by atoms with Crippen molar-refractivity contribution in [3.05, 3.63) is 59.7 Å². The van der Waals surface area contributed by atoms with Crippen molar-refractivity contribution in [2.75, 3.05) is 18.5 Å². The lowest BCUT2D eigenvalue weighted by atomic mass is 10.1. The minimum atomic E-state index is -0.674. The third-order valence-corrected chi connectivity index (χ3v) is 4.20. The Morgan fingerprint density at radius 1 is 1.19 bits per heavy atom. The van der Waals surface area contributed by atoms with Gasteiger partial charge in [-0.25, -0.2) is 4.79 Å². The molecule has 0 aliphatic carbocycles. The maximum Gasteiger partial charge on any atom is 0.316 e. The van der Waals surface area contributed by atoms with Crippen LogP contribution in [0.15, 0.2) is 48.5 Å². The molecule has 1 fully saturated rings. The molecule has 3 rings (SSSR count). The van der Waals surface area contributed by atoms with Gasteiger partial charge in [0.15, 0.2) is 0 Å². The summed E-state index contributed by atoms with van der Waals surface area (Å²) in [5, 5.41) is 5.31. The summed E-state index contributed by atoms with van der Waals surface area (Å²) in [6.45, 7) is 1.70. The van der Waals surface area contributed by atoms with Crippen molar-refractivity contribution in [2.45, 2.75) is 25.5 Å². The number of hydrogen-bond acceptors (Lipinski definition) is 4. The molecule has 142 valence electrons. The third kappa shape index (κ3) is 5.72. The first-order chi connectivity index (χ1) is 13.1. The minimum Gasteiger partial charge on any atom is -0.491 e. The summed E-state index contributed by atoms with van der Waals surface area (Å²) < 4.78 is 11.3. The van der Waals surface area contributed by atoms with Gasteiger partial charge in [-0.3, -0.25) is 4.79 Å². The van der Waals surface area contributed by atoms with Gasteiger partial charge < -0.3 is 25.8 Å². The number of ether oxygens (including phenoxy) is 2. The van der Waals surface area contributed by atoms with Gasteiger partial charge >= 0.3 is 6.03 Å². The maximum atomic E-state index is 12.3. The number of benzene rings is 2. The Kier molecular flexibility index (Phi) is 6.27. The number of amides is 3. The van der Waals surface area contributed by atoms with Gasteiger partial charge in [-0.05, 0) is 48.7 Å². The zero-order valence-electron chi connectivity index (χ0n) is 14.9. The van der Waals surface area contributed by atoms with Crippen LogP contribution in [0.1, 0.15) is 28.8 Å². The van der Waals surface area contributed by atoms with Gasteiger partial charge in [-0.1, -0.05) is 18.2 Å². The molecule has 1 heterocycles. The second kappa shape index (κ2) is 9.05. The third-order valence-electron chi connectivity index (χ3n) is 4.20. The molecule has 2 aromatic carbocycles. The normalized spacial score (nSPS) is 15.9. The highest BCUT2D eigenvalue weighted by atomic mass is 16.5. The fraction of sp³-hybridized carbons (Fsp3) is 0.300. The zero-order valence-corrected chi connectivity index (χ0v) is 14.9. The van der Waals surface area contributed by atoms with Crippen molar-refractivity contribution >= 4 is 17.6 Å². The highest BCUT2D eigenvalue weighted by Gasteiger charge is 2.16. The molecule has 3 amide bonds. The van der Waals surface area contributed by atoms with Crippen molar-refractivity contribution in [2.24, 2.45) is 5.73 Å². The van der Waals surface area contributed by atoms with Crippen molar-refractivity contribution in [3.63, 3.8) is 0 Å². The van der Waals surface area contributed by atoms with Gasteiger partial charge in [0.1, 0.15) is 12.4 Å². The van der Waals surface area contributed by atoms with E-state index in [-0.39, 0.29) is 12.0 Å². The number of nitrogens with one attached hydrogen (secondary N) is 2. The average Bonchev–Trinajstić information content (AvgIpc) is 3.18. The summed E-state index contributed by atoms with van der Waals surface area (Å²) in [5.74, 6) is 0.513. The molecule has 1 atom stereocenters. The topological polar surface area (TPSA) is 103 Å². The van der Waals surface area contributed by atoms with E-state index in [2.05, 4.69) is 10.6 Å². The molecule has 1 saturated heterocycles. The summed E-state index contributed by atoms with van der Waals surface area (Å²) in [5.41, 5.74) is 6.93. The fourth-order valence-electron chi connectivity index (χ4n) is 2.88. The van der Waals surface area contributed by atoms with Crippen molar-refractivity contribution < 1.29 is 19.1 Å². The number of primary amides is 1. The van der Waals surface area contributed by atoms with E-state index in [4.69, 9.17) is 15.2 Å². The van der Waals surface area contributed by atoms with E-state index in [0.29, 0.717) is 24.4 Å². The Labute approximate surface area is 157 Å². The van der Waals surface area contributed by atoms with Crippen LogP contribution in [0.2, 0.25) is 0 Å². The van der Waals surface area contributed by atoms with E-state index in [1.807, 2.05) is 24.3 Å². The lowest BCUT2D eigenvalue weighted by molar-refractivity contribution is 0.0679. The Hall–Kier alpha value is -3.06. The second-order valence-electron chi connectivity index (χ2n) is 6.35. The Morgan fingerprint density at radius 3 is 2.81 bits per heavy atom. The van der Waals surface area contributed by atoms with Gasteiger partial charge in [0.05, 0.1) is 6.10 Å². The first-order valence-electron chi connectivity index (χ1n) is 8.88. The molecule has 27 heavy (non-hydrogen) atoms. The number of hydrogen-bond donors (Lipinski definition) is 3. The average molecular weight is 369 g/mol. The van der Waals surface area contributed by atoms with Crippen LogP contribution in [0.5, 0.6) is 5.75 Å². The van der Waals surface area contributed by atoms with E-state index < -0.39 is 6.03 Å². The maximum absolute atomic E-state index is 12.3. The van der Waals surface area contributed by atoms with E-state index in [1.165, 1.54) is 0 Å². The van der Waals surface area contributed by atoms with Crippen LogP contribution in [0, 0.1) is 0 Å². The van der Waals surface area contributed by atoms with Gasteiger partial charge in [-0.15, -0.1) is 0 Å². The summed E-state index contributed by atoms with van der Waals surface area (Å²) in [4.78, 5) is 23.3. The van der Waals surface area contributed by atoms with E-state index >= 15 is 0 Å². The van der Waals surface area contributed by atoms with E-state index in [1.54, 1.807) is 24.3 Å². The number of carbonyl (C=O) groups is 2. The number of urea groups is 1. The molecular weight excluding hydrogens is 346 g/mol. The first kappa shape index (κ1) is 18.7. The predicted octanol–water partition coefficient (Wildman–Crippen LogP) is 2.67. The summed E-state index contributed by atoms with van der Waals surface area (Å²) in [6.07, 6.45) is 2.27. The van der Waals surface area contributed by atoms with E-state index in [9.17, 15) is 9.59 Å². The largest absolute Gasteiger partial charge is 0.491 e. The molecule has 0 aromatic heterocycles. The second-order valence-corrected chi connectivity index (χ2v) is 6.35. The van der Waals surface area contributed by atoms with Crippen LogP contribution >= 0.6 is 0 Å². The number of rotatable bonds is 7. The van der Waals surface area contributed by atoms with Crippen molar-refractivity contribution in [1.82, 2.24) is 5.32 Å². The van der Waals surface area contributed by atoms with Crippen LogP contribution in [0.3, 0.4) is 0 Å². The predicted molar refractivity (Wildman–Crippen MR) is 102 cm³/mol. The van der Waals surface area contributed by atoms with Gasteiger partial charge in [0.2, 0.25) is 0 Å². The Morgan fingerprint density at radius 2 is 2.04 bits per heavy atom. The first-order valence-corrected chi connectivity index (χ1v) is 8.88. The van der Waals surface area contributed by atoms with Crippen LogP contribution in [0.4, 0.5) is 10.5 Å². The lowest BCUT2D eigenvalue weighted by Crippen LogP contribution is -2.23. The molecule has 2 aromatic rings. The highest BCUT2D eigenvalue weighted by Crippen LogP contribution is 2.17. The number of anilines is 1. The quantitative estimate of drug-likeness (QED) is 0.698. The SMILES string of the molecule is NC(=O)Nc1cccc(C(=O)NCc2cccc(OCC3CCCO3)c2)c1. The molecule has 0 spiro atoms. The summed E-state index contributed by atoms with van der Waals surface area (Å²) in [7, 11) is 0. The molecule has 1 unspecified atom stereocenters. The molecule has 7 nitrogen and oxygen atoms in total. The molecule has 4 N–H and O–H groups in total. The molecule has 1 aliphatic heterocycles. The molecule has 0 radical (unpaired) electrons. The zero-order chi connectivity index (χ0) is 19.1. The Bertz CT molecular complexity index is 803. The van der Waals surface area contributed by atoms with Gasteiger partial charge in [0.25, 0.3) is 5.91 Å². The standard InChI is InChI=1S/C20H23N3O4/c21-20(25)23-16-6-2-5-15(11-16)19(24)22-12-14-4-1-7-17(10-14)27-13-18-8-3-9-26-18/h1-2,4-7,10-11,18H,3,8-9,12-13H2,(H,22,24)(H3,21,23,25). The molecule has 0 bridgehead atoms. The Balaban J connectivity index is 1.54. The molecule has 0 saturated carbocycles. The van der Waals surface area contributed by atoms with Crippen LogP contribution in [0.25, 0.3) is 0 Å². The fourth-order valence-corrected chi connectivity index (χ4v) is 2.88. The van der Waals surface area contributed by atoms with Gasteiger partial charge in [0, 0.05) is 24.4 Å². The van der Waals surface area contributed by atoms with Gasteiger partial charge in [-0.2, -0.15) is 0 Å². The molecule has 7 heteroatoms. The van der Waals surface area contributed by atoms with Crippen LogP contribution < -0.4 is 21.1 Å². The monoisotopic (exact) mass is 369 g/mol. The smallest absolute Gasteiger partial charge is 0.316 e. The summed E-state index contributed by atoms with van der Waals surface area (Å²) >= 11 is 0. The molecule has 1 aliphatic rings. The van der Waals surface area contributed by atoms with Crippen molar-refractivity contribution in [3.8, 4) is 5.75 Å². The lowest BCUT2D eigenvalue weighted by Gasteiger charge is -2.12. The number of carbonyl (C=O) groups excluding carboxylic acids is 2. The summed E-state index contributed by atoms with van der Waals surface area (Å²) in [6, 6.07) is 13.5. The number of nitrogens with two attached hydrogens (primary N) is 1. The highest BCUT2D eigenvalue weighted by molar-refractivity contribution is 5.96. The van der Waals surface area contributed by atoms with Crippen LogP contribution in [-0.4, -0.2) is 31.3 Å². The van der Waals surface area contributed by atoms with Crippen LogP contribution in [-0.2, 0) is 11.3 Å².